The van der Waals surface area contributed by atoms with Crippen LogP contribution in [0.5, 0.6) is 0 Å². The molecule has 0 amide bonds. The lowest BCUT2D eigenvalue weighted by Crippen LogP contribution is -2.11. The van der Waals surface area contributed by atoms with Crippen molar-refractivity contribution >= 4 is 23.4 Å². The molecule has 0 atom stereocenters. The number of rotatable bonds is 8. The maximum Gasteiger partial charge on any atom is 0.341 e. The number of hydrogen-bond acceptors (Lipinski definition) is 6. The van der Waals surface area contributed by atoms with Crippen LogP contribution in [0.25, 0.3) is 0 Å². The van der Waals surface area contributed by atoms with E-state index < -0.39 is 5.97 Å². The minimum Gasteiger partial charge on any atom is -0.477 e. The van der Waals surface area contributed by atoms with Crippen LogP contribution in [0.15, 0.2) is 42.9 Å². The highest BCUT2D eigenvalue weighted by molar-refractivity contribution is 5.93. The zero-order chi connectivity index (χ0) is 20.1. The molecule has 1 aromatic carbocycles. The van der Waals surface area contributed by atoms with E-state index in [1.54, 1.807) is 6.20 Å². The quantitative estimate of drug-likeness (QED) is 0.545. The first-order valence-corrected chi connectivity index (χ1v) is 9.20. The molecule has 2 aromatic heterocycles. The number of hydrogen-bond donors (Lipinski definition) is 3. The van der Waals surface area contributed by atoms with E-state index in [4.69, 9.17) is 0 Å². The van der Waals surface area contributed by atoms with Gasteiger partial charge in [-0.3, -0.25) is 4.68 Å². The molecule has 3 N–H and O–H groups in total. The Labute approximate surface area is 163 Å². The number of carboxylic acid groups (broad SMARTS) is 1. The fraction of sp³-hybridized carbons (Fsp3) is 0.300. The second-order valence-electron chi connectivity index (χ2n) is 6.66. The van der Waals surface area contributed by atoms with E-state index in [0.29, 0.717) is 12.5 Å². The molecule has 0 bridgehead atoms. The highest BCUT2D eigenvalue weighted by atomic mass is 16.4. The molecule has 2 heterocycles. The lowest BCUT2D eigenvalue weighted by Gasteiger charge is -2.12. The molecule has 0 radical (unpaired) electrons. The van der Waals surface area contributed by atoms with Gasteiger partial charge < -0.3 is 15.7 Å². The van der Waals surface area contributed by atoms with Gasteiger partial charge in [0.05, 0.1) is 11.9 Å². The summed E-state index contributed by atoms with van der Waals surface area (Å²) in [6.07, 6.45) is 5.74. The number of carboxylic acids is 1. The van der Waals surface area contributed by atoms with Crippen LogP contribution in [-0.2, 0) is 13.0 Å². The van der Waals surface area contributed by atoms with Gasteiger partial charge >= 0.3 is 5.97 Å². The number of nitrogens with one attached hydrogen (secondary N) is 2. The summed E-state index contributed by atoms with van der Waals surface area (Å²) in [5.74, 6) is -0.503. The normalized spacial score (nSPS) is 10.9. The molecule has 3 rings (SSSR count). The maximum absolute atomic E-state index is 11.6. The first-order chi connectivity index (χ1) is 13.5. The molecule has 0 aliphatic rings. The number of aryl methyl sites for hydroxylation is 1. The fourth-order valence-electron chi connectivity index (χ4n) is 2.80. The second kappa shape index (κ2) is 8.51. The molecular formula is C20H24N6O2. The Morgan fingerprint density at radius 2 is 1.96 bits per heavy atom. The number of nitrogens with zero attached hydrogens (tertiary/aromatic N) is 4. The van der Waals surface area contributed by atoms with E-state index in [1.807, 2.05) is 42.9 Å². The molecule has 0 aliphatic carbocycles. The highest BCUT2D eigenvalue weighted by Crippen LogP contribution is 2.20. The number of carbonyl (C=O) groups is 1. The minimum atomic E-state index is -1.08. The van der Waals surface area contributed by atoms with E-state index >= 15 is 0 Å². The van der Waals surface area contributed by atoms with Crippen molar-refractivity contribution in [3.8, 4) is 0 Å². The molecular weight excluding hydrogens is 356 g/mol. The molecule has 0 fully saturated rings. The van der Waals surface area contributed by atoms with E-state index in [2.05, 4.69) is 38.7 Å². The topological polar surface area (TPSA) is 105 Å². The minimum absolute atomic E-state index is 0.0254. The van der Waals surface area contributed by atoms with Gasteiger partial charge in [-0.1, -0.05) is 31.2 Å². The zero-order valence-electron chi connectivity index (χ0n) is 16.2. The lowest BCUT2D eigenvalue weighted by atomic mass is 10.1. The van der Waals surface area contributed by atoms with Crippen molar-refractivity contribution in [1.29, 1.82) is 0 Å². The van der Waals surface area contributed by atoms with Crippen LogP contribution in [0.1, 0.15) is 48.3 Å². The first kappa shape index (κ1) is 19.3. The first-order valence-electron chi connectivity index (χ1n) is 9.20. The second-order valence-corrected chi connectivity index (χ2v) is 6.66. The molecule has 3 aromatic rings. The van der Waals surface area contributed by atoms with Gasteiger partial charge in [-0.15, -0.1) is 0 Å². The molecule has 0 unspecified atom stereocenters. The van der Waals surface area contributed by atoms with Crippen molar-refractivity contribution in [3.63, 3.8) is 0 Å². The van der Waals surface area contributed by atoms with E-state index in [9.17, 15) is 9.90 Å². The number of anilines is 3. The average Bonchev–Trinajstić information content (AvgIpc) is 3.15. The molecule has 146 valence electrons. The van der Waals surface area contributed by atoms with Gasteiger partial charge in [0.25, 0.3) is 0 Å². The van der Waals surface area contributed by atoms with Gasteiger partial charge in [0.1, 0.15) is 11.4 Å². The predicted molar refractivity (Wildman–Crippen MR) is 108 cm³/mol. The molecule has 8 nitrogen and oxygen atoms in total. The van der Waals surface area contributed by atoms with Crippen LogP contribution in [0.3, 0.4) is 0 Å². The third kappa shape index (κ3) is 4.46. The van der Waals surface area contributed by atoms with Crippen LogP contribution in [0.4, 0.5) is 17.5 Å². The predicted octanol–water partition coefficient (Wildman–Crippen LogP) is 3.87. The van der Waals surface area contributed by atoms with E-state index in [-0.39, 0.29) is 17.4 Å². The largest absolute Gasteiger partial charge is 0.477 e. The van der Waals surface area contributed by atoms with Crippen molar-refractivity contribution in [2.45, 2.75) is 39.8 Å². The Balaban J connectivity index is 1.82. The average molecular weight is 380 g/mol. The summed E-state index contributed by atoms with van der Waals surface area (Å²) in [4.78, 5) is 20.0. The van der Waals surface area contributed by atoms with Crippen molar-refractivity contribution in [2.24, 2.45) is 0 Å². The summed E-state index contributed by atoms with van der Waals surface area (Å²) in [6.45, 7) is 6.63. The Morgan fingerprint density at radius 3 is 2.61 bits per heavy atom. The zero-order valence-corrected chi connectivity index (χ0v) is 16.2. The third-order valence-electron chi connectivity index (χ3n) is 4.35. The van der Waals surface area contributed by atoms with Crippen LogP contribution >= 0.6 is 0 Å². The van der Waals surface area contributed by atoms with Gasteiger partial charge in [0.15, 0.2) is 0 Å². The molecule has 0 spiro atoms. The Hall–Kier alpha value is -3.42. The Bertz CT molecular complexity index is 967. The van der Waals surface area contributed by atoms with Gasteiger partial charge in [-0.2, -0.15) is 10.1 Å². The lowest BCUT2D eigenvalue weighted by molar-refractivity contribution is 0.0697. The SMILES string of the molecule is CCc1ccccc1CNc1nc(Nc2cnn(C(C)C)c2)ncc1C(=O)O. The maximum atomic E-state index is 11.6. The Morgan fingerprint density at radius 1 is 1.21 bits per heavy atom. The Kier molecular flexibility index (Phi) is 5.88. The van der Waals surface area contributed by atoms with Crippen LogP contribution in [-0.4, -0.2) is 30.8 Å². The van der Waals surface area contributed by atoms with E-state index in [1.165, 1.54) is 11.8 Å². The van der Waals surface area contributed by atoms with Crippen molar-refractivity contribution in [2.75, 3.05) is 10.6 Å². The monoisotopic (exact) mass is 380 g/mol. The standard InChI is InChI=1S/C20H24N6O2/c1-4-14-7-5-6-8-15(14)9-21-18-17(19(27)28)11-22-20(25-18)24-16-10-23-26(12-16)13(2)3/h5-8,10-13H,4,9H2,1-3H3,(H,27,28)(H2,21,22,24,25). The third-order valence-corrected chi connectivity index (χ3v) is 4.35. The summed E-state index contributed by atoms with van der Waals surface area (Å²) in [5.41, 5.74) is 3.07. The van der Waals surface area contributed by atoms with Gasteiger partial charge in [0.2, 0.25) is 5.95 Å². The van der Waals surface area contributed by atoms with Crippen LogP contribution < -0.4 is 10.6 Å². The van der Waals surface area contributed by atoms with Crippen molar-refractivity contribution < 1.29 is 9.90 Å². The van der Waals surface area contributed by atoms with Crippen molar-refractivity contribution in [1.82, 2.24) is 19.7 Å². The van der Waals surface area contributed by atoms with Gasteiger partial charge in [0, 0.05) is 25.0 Å². The number of benzene rings is 1. The van der Waals surface area contributed by atoms with Gasteiger partial charge in [-0.25, -0.2) is 9.78 Å². The molecule has 0 saturated heterocycles. The molecule has 28 heavy (non-hydrogen) atoms. The number of aromatic carboxylic acids is 1. The van der Waals surface area contributed by atoms with Crippen LogP contribution in [0, 0.1) is 0 Å². The molecule has 0 saturated carbocycles. The summed E-state index contributed by atoms with van der Waals surface area (Å²) >= 11 is 0. The summed E-state index contributed by atoms with van der Waals surface area (Å²) in [5, 5.41) is 19.9. The smallest absolute Gasteiger partial charge is 0.341 e. The fourth-order valence-corrected chi connectivity index (χ4v) is 2.80. The van der Waals surface area contributed by atoms with Crippen LogP contribution in [0.2, 0.25) is 0 Å². The summed E-state index contributed by atoms with van der Waals surface area (Å²) < 4.78 is 1.81. The summed E-state index contributed by atoms with van der Waals surface area (Å²) in [6, 6.07) is 8.28. The van der Waals surface area contributed by atoms with Gasteiger partial charge in [-0.05, 0) is 31.4 Å². The highest BCUT2D eigenvalue weighted by Gasteiger charge is 2.15. The van der Waals surface area contributed by atoms with E-state index in [0.717, 1.165) is 17.7 Å². The molecule has 0 aliphatic heterocycles. The summed E-state index contributed by atoms with van der Waals surface area (Å²) in [7, 11) is 0. The molecule has 8 heteroatoms. The van der Waals surface area contributed by atoms with Crippen molar-refractivity contribution in [3.05, 3.63) is 59.5 Å². The number of aromatic nitrogens is 4.